The lowest BCUT2D eigenvalue weighted by Crippen LogP contribution is -2.45. The molecule has 2 aliphatic rings. The highest BCUT2D eigenvalue weighted by molar-refractivity contribution is 7.98. The van der Waals surface area contributed by atoms with E-state index in [1.54, 1.807) is 24.1 Å². The highest BCUT2D eigenvalue weighted by atomic mass is 32.2. The molecule has 36 heavy (non-hydrogen) atoms. The molecule has 1 heterocycles. The average molecular weight is 520 g/mol. The zero-order valence-corrected chi connectivity index (χ0v) is 21.4. The molecule has 1 amide bonds. The number of carbonyl (C=O) groups is 1. The molecule has 1 aliphatic heterocycles. The molecular formula is C28H36F3N3OS. The van der Waals surface area contributed by atoms with Gasteiger partial charge in [0.1, 0.15) is 5.82 Å². The van der Waals surface area contributed by atoms with Crippen LogP contribution in [0.4, 0.5) is 13.2 Å². The fourth-order valence-corrected chi connectivity index (χ4v) is 6.05. The Labute approximate surface area is 216 Å². The van der Waals surface area contributed by atoms with Crippen molar-refractivity contribution in [3.05, 3.63) is 71.5 Å². The van der Waals surface area contributed by atoms with E-state index in [1.807, 2.05) is 18.2 Å². The van der Waals surface area contributed by atoms with Crippen molar-refractivity contribution in [3.63, 3.8) is 0 Å². The fraction of sp³-hybridized carbons (Fsp3) is 0.536. The molecule has 1 aliphatic carbocycles. The van der Waals surface area contributed by atoms with Gasteiger partial charge in [0.25, 0.3) is 0 Å². The van der Waals surface area contributed by atoms with E-state index >= 15 is 0 Å². The maximum Gasteiger partial charge on any atom is 0.248 e. The van der Waals surface area contributed by atoms with Gasteiger partial charge in [-0.05, 0) is 61.9 Å². The molecule has 1 atom stereocenters. The highest BCUT2D eigenvalue weighted by Gasteiger charge is 2.35. The number of nitrogens with zero attached hydrogens (tertiary/aromatic N) is 1. The number of nitrogens with one attached hydrogen (secondary N) is 2. The lowest BCUT2D eigenvalue weighted by molar-refractivity contribution is -0.121. The van der Waals surface area contributed by atoms with Gasteiger partial charge in [-0.15, -0.1) is 0 Å². The summed E-state index contributed by atoms with van der Waals surface area (Å²) < 4.78 is 43.7. The molecule has 2 aromatic carbocycles. The van der Waals surface area contributed by atoms with Gasteiger partial charge in [0.2, 0.25) is 11.8 Å². The van der Waals surface area contributed by atoms with E-state index in [9.17, 15) is 18.0 Å². The van der Waals surface area contributed by atoms with E-state index < -0.39 is 5.92 Å². The predicted octanol–water partition coefficient (Wildman–Crippen LogP) is 5.90. The van der Waals surface area contributed by atoms with Crippen LogP contribution in [0.3, 0.4) is 0 Å². The van der Waals surface area contributed by atoms with Gasteiger partial charge in [-0.2, -0.15) is 0 Å². The highest BCUT2D eigenvalue weighted by Crippen LogP contribution is 2.38. The smallest absolute Gasteiger partial charge is 0.248 e. The van der Waals surface area contributed by atoms with Crippen LogP contribution in [0.1, 0.15) is 62.1 Å². The van der Waals surface area contributed by atoms with Crippen LogP contribution in [0, 0.1) is 5.82 Å². The molecule has 2 fully saturated rings. The summed E-state index contributed by atoms with van der Waals surface area (Å²) >= 11 is 1.63. The van der Waals surface area contributed by atoms with Gasteiger partial charge >= 0.3 is 0 Å². The molecule has 8 heteroatoms. The van der Waals surface area contributed by atoms with Crippen LogP contribution in [-0.2, 0) is 11.2 Å². The quantitative estimate of drug-likeness (QED) is 0.384. The average Bonchev–Trinajstić information content (AvgIpc) is 2.88. The van der Waals surface area contributed by atoms with Crippen LogP contribution in [0.2, 0.25) is 0 Å². The second-order valence-electron chi connectivity index (χ2n) is 10.0. The number of rotatable bonds is 10. The number of likely N-dealkylation sites (tertiary alicyclic amines) is 1. The first-order valence-corrected chi connectivity index (χ1v) is 13.8. The molecule has 0 unspecified atom stereocenters. The third kappa shape index (κ3) is 8.53. The maximum atomic E-state index is 13.5. The summed E-state index contributed by atoms with van der Waals surface area (Å²) in [6, 6.07) is 16.7. The minimum atomic E-state index is -2.50. The minimum Gasteiger partial charge on any atom is -0.353 e. The van der Waals surface area contributed by atoms with Crippen molar-refractivity contribution in [1.29, 1.82) is 0 Å². The standard InChI is InChI=1S/C28H36F3N3OS/c29-23-8-6-21(7-9-23)20-27(35)32-24-12-17-34(18-13-24)19-14-26(22-4-2-1-3-5-22)33-36-25-10-15-28(30,31)16-11-25/h1-9,24-26,33H,10-20H2,(H,32,35)/t26-/m0/s1. The molecule has 2 N–H and O–H groups in total. The van der Waals surface area contributed by atoms with Crippen molar-refractivity contribution in [1.82, 2.24) is 14.9 Å². The molecule has 4 rings (SSSR count). The molecule has 0 aromatic heterocycles. The zero-order valence-electron chi connectivity index (χ0n) is 20.6. The largest absolute Gasteiger partial charge is 0.353 e. The first kappa shape index (κ1) is 27.0. The lowest BCUT2D eigenvalue weighted by Gasteiger charge is -2.34. The molecule has 4 nitrogen and oxygen atoms in total. The second-order valence-corrected chi connectivity index (χ2v) is 11.2. The van der Waals surface area contributed by atoms with Crippen molar-refractivity contribution < 1.29 is 18.0 Å². The number of amides is 1. The number of hydrogen-bond acceptors (Lipinski definition) is 4. The van der Waals surface area contributed by atoms with Gasteiger partial charge in [-0.25, -0.2) is 13.2 Å². The van der Waals surface area contributed by atoms with Gasteiger partial charge in [-0.1, -0.05) is 54.4 Å². The van der Waals surface area contributed by atoms with Gasteiger partial charge in [0, 0.05) is 43.3 Å². The Morgan fingerprint density at radius 1 is 1.00 bits per heavy atom. The normalized spacial score (nSPS) is 20.2. The van der Waals surface area contributed by atoms with Gasteiger partial charge in [-0.3, -0.25) is 9.52 Å². The molecular weight excluding hydrogens is 483 g/mol. The molecule has 0 radical (unpaired) electrons. The molecule has 0 bridgehead atoms. The van der Waals surface area contributed by atoms with Gasteiger partial charge in [0.05, 0.1) is 6.42 Å². The summed E-state index contributed by atoms with van der Waals surface area (Å²) in [5, 5.41) is 3.35. The molecule has 0 spiro atoms. The van der Waals surface area contributed by atoms with E-state index in [1.165, 1.54) is 17.7 Å². The van der Waals surface area contributed by atoms with Crippen LogP contribution >= 0.6 is 11.9 Å². The Bertz CT molecular complexity index is 942. The topological polar surface area (TPSA) is 44.4 Å². The number of carbonyl (C=O) groups excluding carboxylic acids is 1. The van der Waals surface area contributed by atoms with Crippen LogP contribution in [0.25, 0.3) is 0 Å². The maximum absolute atomic E-state index is 13.5. The Balaban J connectivity index is 1.20. The summed E-state index contributed by atoms with van der Waals surface area (Å²) in [7, 11) is 0. The minimum absolute atomic E-state index is 0.0161. The number of benzene rings is 2. The second kappa shape index (κ2) is 13.0. The summed E-state index contributed by atoms with van der Waals surface area (Å²) in [5.41, 5.74) is 2.03. The number of halogens is 3. The van der Waals surface area contributed by atoms with Crippen molar-refractivity contribution in [2.45, 2.75) is 74.6 Å². The predicted molar refractivity (Wildman–Crippen MR) is 139 cm³/mol. The van der Waals surface area contributed by atoms with Crippen LogP contribution in [-0.4, -0.2) is 47.7 Å². The van der Waals surface area contributed by atoms with Gasteiger partial charge in [0.15, 0.2) is 0 Å². The molecule has 196 valence electrons. The van der Waals surface area contributed by atoms with E-state index in [-0.39, 0.29) is 48.3 Å². The van der Waals surface area contributed by atoms with Crippen molar-refractivity contribution in [3.8, 4) is 0 Å². The van der Waals surface area contributed by atoms with Crippen LogP contribution < -0.4 is 10.0 Å². The Hall–Kier alpha value is -2.03. The van der Waals surface area contributed by atoms with E-state index in [0.717, 1.165) is 44.5 Å². The van der Waals surface area contributed by atoms with Crippen LogP contribution in [0.15, 0.2) is 54.6 Å². The Morgan fingerprint density at radius 2 is 1.67 bits per heavy atom. The van der Waals surface area contributed by atoms with Crippen molar-refractivity contribution >= 4 is 17.9 Å². The van der Waals surface area contributed by atoms with Crippen molar-refractivity contribution in [2.24, 2.45) is 0 Å². The first-order valence-electron chi connectivity index (χ1n) is 13.0. The molecule has 1 saturated carbocycles. The van der Waals surface area contributed by atoms with Crippen LogP contribution in [0.5, 0.6) is 0 Å². The monoisotopic (exact) mass is 519 g/mol. The first-order chi connectivity index (χ1) is 17.4. The molecule has 2 aromatic rings. The summed E-state index contributed by atoms with van der Waals surface area (Å²) in [5.74, 6) is -2.82. The van der Waals surface area contributed by atoms with Crippen molar-refractivity contribution in [2.75, 3.05) is 19.6 Å². The van der Waals surface area contributed by atoms with Gasteiger partial charge < -0.3 is 10.2 Å². The summed E-state index contributed by atoms with van der Waals surface area (Å²) in [6.07, 6.45) is 4.07. The fourth-order valence-electron chi connectivity index (χ4n) is 4.97. The summed E-state index contributed by atoms with van der Waals surface area (Å²) in [4.78, 5) is 14.8. The van der Waals surface area contributed by atoms with E-state index in [4.69, 9.17) is 0 Å². The Kier molecular flexibility index (Phi) is 9.73. The summed E-state index contributed by atoms with van der Waals surface area (Å²) in [6.45, 7) is 2.79. The lowest BCUT2D eigenvalue weighted by atomic mass is 9.96. The third-order valence-electron chi connectivity index (χ3n) is 7.21. The molecule has 1 saturated heterocycles. The number of piperidine rings is 1. The van der Waals surface area contributed by atoms with E-state index in [2.05, 4.69) is 27.1 Å². The van der Waals surface area contributed by atoms with E-state index in [0.29, 0.717) is 12.8 Å². The zero-order chi connectivity index (χ0) is 25.4. The third-order valence-corrected chi connectivity index (χ3v) is 8.43. The SMILES string of the molecule is O=C(Cc1ccc(F)cc1)NC1CCN(CC[C@H](NSC2CCC(F)(F)CC2)c2ccccc2)CC1. The number of hydrogen-bond donors (Lipinski definition) is 2. The number of alkyl halides is 2. The Morgan fingerprint density at radius 3 is 2.33 bits per heavy atom.